The van der Waals surface area contributed by atoms with E-state index in [1.165, 1.54) is 30.5 Å². The Morgan fingerprint density at radius 1 is 1.20 bits per heavy atom. The van der Waals surface area contributed by atoms with Gasteiger partial charge in [0.1, 0.15) is 24.3 Å². The lowest BCUT2D eigenvalue weighted by Crippen LogP contribution is -2.21. The average Bonchev–Trinajstić information content (AvgIpc) is 2.61. The second kappa shape index (κ2) is 7.72. The molecule has 0 saturated carbocycles. The highest BCUT2D eigenvalue weighted by atomic mass is 19.1. The van der Waals surface area contributed by atoms with E-state index in [0.717, 1.165) is 10.9 Å². The molecular formula is C19H17FN2O3. The van der Waals surface area contributed by atoms with Crippen molar-refractivity contribution in [2.45, 2.75) is 6.10 Å². The number of aliphatic imine (C=N–C) groups is 1. The molecule has 0 bridgehead atoms. The van der Waals surface area contributed by atoms with Crippen molar-refractivity contribution in [1.29, 1.82) is 0 Å². The number of benzene rings is 2. The highest BCUT2D eigenvalue weighted by Gasteiger charge is 2.05. The average molecular weight is 340 g/mol. The fraction of sp³-hybridized carbons (Fsp3) is 0.158. The summed E-state index contributed by atoms with van der Waals surface area (Å²) in [4.78, 5) is 18.9. The quantitative estimate of drug-likeness (QED) is 0.677. The largest absolute Gasteiger partial charge is 0.491 e. The summed E-state index contributed by atoms with van der Waals surface area (Å²) < 4.78 is 18.1. The summed E-state index contributed by atoms with van der Waals surface area (Å²) in [6.45, 7) is 0.116. The van der Waals surface area contributed by atoms with Gasteiger partial charge >= 0.3 is 0 Å². The van der Waals surface area contributed by atoms with Gasteiger partial charge in [-0.05, 0) is 41.8 Å². The van der Waals surface area contributed by atoms with Crippen LogP contribution in [-0.4, -0.2) is 35.6 Å². The van der Waals surface area contributed by atoms with Crippen LogP contribution >= 0.6 is 0 Å². The van der Waals surface area contributed by atoms with E-state index in [-0.39, 0.29) is 24.5 Å². The monoisotopic (exact) mass is 340 g/mol. The Morgan fingerprint density at radius 3 is 2.76 bits per heavy atom. The van der Waals surface area contributed by atoms with Crippen LogP contribution in [0.25, 0.3) is 10.9 Å². The number of hydrogen-bond donors (Lipinski definition) is 2. The molecule has 0 radical (unpaired) electrons. The van der Waals surface area contributed by atoms with Crippen LogP contribution in [0.2, 0.25) is 0 Å². The number of nitrogens with zero attached hydrogens (tertiary/aromatic N) is 1. The predicted molar refractivity (Wildman–Crippen MR) is 94.9 cm³/mol. The van der Waals surface area contributed by atoms with Gasteiger partial charge in [-0.3, -0.25) is 9.79 Å². The molecule has 128 valence electrons. The SMILES string of the molecule is O=c1[nH]c2ccccc2cc1C=NCC(O)COc1ccc(F)cc1. The van der Waals surface area contributed by atoms with Crippen LogP contribution in [0.5, 0.6) is 5.75 Å². The van der Waals surface area contributed by atoms with Crippen LogP contribution < -0.4 is 10.3 Å². The summed E-state index contributed by atoms with van der Waals surface area (Å²) in [6.07, 6.45) is 0.604. The molecule has 0 spiro atoms. The topological polar surface area (TPSA) is 74.7 Å². The number of aliphatic hydroxyl groups is 1. The minimum absolute atomic E-state index is 0.0249. The Kier molecular flexibility index (Phi) is 5.20. The molecule has 3 aromatic rings. The van der Waals surface area contributed by atoms with Gasteiger partial charge < -0.3 is 14.8 Å². The summed E-state index contributed by atoms with van der Waals surface area (Å²) in [7, 11) is 0. The number of aromatic nitrogens is 1. The summed E-state index contributed by atoms with van der Waals surface area (Å²) in [5.74, 6) is 0.119. The van der Waals surface area contributed by atoms with Gasteiger partial charge in [0, 0.05) is 11.7 Å². The van der Waals surface area contributed by atoms with Crippen molar-refractivity contribution in [1.82, 2.24) is 4.98 Å². The van der Waals surface area contributed by atoms with E-state index >= 15 is 0 Å². The number of fused-ring (bicyclic) bond motifs is 1. The molecule has 1 aromatic heterocycles. The number of hydrogen-bond acceptors (Lipinski definition) is 4. The number of halogens is 1. The maximum atomic E-state index is 12.8. The highest BCUT2D eigenvalue weighted by molar-refractivity contribution is 5.87. The number of para-hydroxylation sites is 1. The molecule has 2 aromatic carbocycles. The molecule has 0 aliphatic heterocycles. The van der Waals surface area contributed by atoms with Crippen molar-refractivity contribution in [3.8, 4) is 5.75 Å². The molecule has 0 amide bonds. The first kappa shape index (κ1) is 16.9. The maximum absolute atomic E-state index is 12.8. The summed E-state index contributed by atoms with van der Waals surface area (Å²) >= 11 is 0. The van der Waals surface area contributed by atoms with Crippen LogP contribution in [0.15, 0.2) is 64.4 Å². The number of aliphatic hydroxyl groups excluding tert-OH is 1. The molecule has 1 atom stereocenters. The molecule has 1 heterocycles. The zero-order valence-electron chi connectivity index (χ0n) is 13.4. The Bertz CT molecular complexity index is 935. The van der Waals surface area contributed by atoms with Crippen molar-refractivity contribution in [2.75, 3.05) is 13.2 Å². The van der Waals surface area contributed by atoms with Gasteiger partial charge in [-0.1, -0.05) is 18.2 Å². The first-order chi connectivity index (χ1) is 12.1. The molecule has 2 N–H and O–H groups in total. The predicted octanol–water partition coefficient (Wildman–Crippen LogP) is 2.53. The molecule has 3 rings (SSSR count). The zero-order valence-corrected chi connectivity index (χ0v) is 13.4. The van der Waals surface area contributed by atoms with Gasteiger partial charge in [-0.2, -0.15) is 0 Å². The van der Waals surface area contributed by atoms with Gasteiger partial charge in [-0.15, -0.1) is 0 Å². The second-order valence-electron chi connectivity index (χ2n) is 5.55. The number of aromatic amines is 1. The molecule has 25 heavy (non-hydrogen) atoms. The first-order valence-corrected chi connectivity index (χ1v) is 7.80. The van der Waals surface area contributed by atoms with Gasteiger partial charge in [0.25, 0.3) is 5.56 Å². The number of H-pyrrole nitrogens is 1. The van der Waals surface area contributed by atoms with E-state index in [0.29, 0.717) is 11.3 Å². The van der Waals surface area contributed by atoms with E-state index < -0.39 is 6.10 Å². The van der Waals surface area contributed by atoms with E-state index in [4.69, 9.17) is 4.74 Å². The van der Waals surface area contributed by atoms with Crippen molar-refractivity contribution in [3.05, 3.63) is 76.3 Å². The van der Waals surface area contributed by atoms with Gasteiger partial charge in [0.2, 0.25) is 0 Å². The van der Waals surface area contributed by atoms with Crippen molar-refractivity contribution in [3.63, 3.8) is 0 Å². The lowest BCUT2D eigenvalue weighted by atomic mass is 10.2. The molecule has 1 unspecified atom stereocenters. The van der Waals surface area contributed by atoms with Crippen LogP contribution in [0.1, 0.15) is 5.56 Å². The third kappa shape index (κ3) is 4.51. The van der Waals surface area contributed by atoms with E-state index in [1.807, 2.05) is 24.3 Å². The molecule has 0 aliphatic rings. The second-order valence-corrected chi connectivity index (χ2v) is 5.55. The summed E-state index contributed by atoms with van der Waals surface area (Å²) in [6, 6.07) is 14.8. The van der Waals surface area contributed by atoms with E-state index in [2.05, 4.69) is 9.98 Å². The lowest BCUT2D eigenvalue weighted by Gasteiger charge is -2.10. The Morgan fingerprint density at radius 2 is 1.96 bits per heavy atom. The fourth-order valence-electron chi connectivity index (χ4n) is 2.31. The van der Waals surface area contributed by atoms with Gasteiger partial charge in [-0.25, -0.2) is 4.39 Å². The molecule has 0 saturated heterocycles. The first-order valence-electron chi connectivity index (χ1n) is 7.80. The number of ether oxygens (including phenoxy) is 1. The molecule has 0 fully saturated rings. The summed E-state index contributed by atoms with van der Waals surface area (Å²) in [5, 5.41) is 10.8. The minimum Gasteiger partial charge on any atom is -0.491 e. The maximum Gasteiger partial charge on any atom is 0.257 e. The molecule has 6 heteroatoms. The van der Waals surface area contributed by atoms with Gasteiger partial charge in [0.15, 0.2) is 0 Å². The summed E-state index contributed by atoms with van der Waals surface area (Å²) in [5.41, 5.74) is 0.947. The highest BCUT2D eigenvalue weighted by Crippen LogP contribution is 2.11. The van der Waals surface area contributed by atoms with Gasteiger partial charge in [0.05, 0.1) is 12.1 Å². The molecular weight excluding hydrogens is 323 g/mol. The third-order valence-corrected chi connectivity index (χ3v) is 3.58. The van der Waals surface area contributed by atoms with Crippen LogP contribution in [0.3, 0.4) is 0 Å². The van der Waals surface area contributed by atoms with Crippen LogP contribution in [0, 0.1) is 5.82 Å². The fourth-order valence-corrected chi connectivity index (χ4v) is 2.31. The Balaban J connectivity index is 1.58. The van der Waals surface area contributed by atoms with E-state index in [1.54, 1.807) is 6.07 Å². The minimum atomic E-state index is -0.833. The number of rotatable bonds is 6. The van der Waals surface area contributed by atoms with Crippen molar-refractivity contribution in [2.24, 2.45) is 4.99 Å². The van der Waals surface area contributed by atoms with Crippen LogP contribution in [0.4, 0.5) is 4.39 Å². The normalized spacial score (nSPS) is 12.6. The Hall–Kier alpha value is -2.99. The van der Waals surface area contributed by atoms with Crippen molar-refractivity contribution < 1.29 is 14.2 Å². The Labute approximate surface area is 143 Å². The molecule has 0 aliphatic carbocycles. The lowest BCUT2D eigenvalue weighted by molar-refractivity contribution is 0.114. The zero-order chi connectivity index (χ0) is 17.6. The van der Waals surface area contributed by atoms with E-state index in [9.17, 15) is 14.3 Å². The smallest absolute Gasteiger partial charge is 0.257 e. The standard InChI is InChI=1S/C19H17FN2O3/c20-15-5-7-17(8-6-15)25-12-16(23)11-21-10-14-9-13-3-1-2-4-18(13)22-19(14)24/h1-10,16,23H,11-12H2,(H,22,24). The number of nitrogens with one attached hydrogen (secondary N) is 1. The van der Waals surface area contributed by atoms with Crippen LogP contribution in [-0.2, 0) is 0 Å². The van der Waals surface area contributed by atoms with Crippen molar-refractivity contribution >= 4 is 17.1 Å². The third-order valence-electron chi connectivity index (χ3n) is 3.58. The molecule has 5 nitrogen and oxygen atoms in total. The number of pyridine rings is 1.